The van der Waals surface area contributed by atoms with Crippen LogP contribution in [0.2, 0.25) is 0 Å². The largest absolute Gasteiger partial charge is 0.478 e. The first-order chi connectivity index (χ1) is 8.04. The van der Waals surface area contributed by atoms with Gasteiger partial charge in [-0.2, -0.15) is 0 Å². The standard InChI is InChI=1S/C12H9FO4/c1-17-11(14)4-2-3-8-5-6-9(13)7-10(8)12(15)16/h5-7H,4H2,1H3,(H,15,16). The highest BCUT2D eigenvalue weighted by Gasteiger charge is 2.09. The molecule has 0 aliphatic rings. The molecule has 0 spiro atoms. The van der Waals surface area contributed by atoms with Crippen molar-refractivity contribution >= 4 is 11.9 Å². The van der Waals surface area contributed by atoms with Gasteiger partial charge in [0.25, 0.3) is 0 Å². The zero-order chi connectivity index (χ0) is 12.8. The smallest absolute Gasteiger partial charge is 0.337 e. The molecular weight excluding hydrogens is 227 g/mol. The lowest BCUT2D eigenvalue weighted by Gasteiger charge is -1.98. The third-order valence-corrected chi connectivity index (χ3v) is 1.90. The molecule has 0 fully saturated rings. The molecule has 1 N–H and O–H groups in total. The van der Waals surface area contributed by atoms with Crippen molar-refractivity contribution < 1.29 is 23.8 Å². The van der Waals surface area contributed by atoms with Gasteiger partial charge in [0.1, 0.15) is 12.2 Å². The molecule has 5 heteroatoms. The van der Waals surface area contributed by atoms with Crippen molar-refractivity contribution in [1.82, 2.24) is 0 Å². The summed E-state index contributed by atoms with van der Waals surface area (Å²) in [5, 5.41) is 8.82. The molecule has 1 rings (SSSR count). The molecule has 88 valence electrons. The maximum Gasteiger partial charge on any atom is 0.337 e. The van der Waals surface area contributed by atoms with Crippen molar-refractivity contribution in [2.45, 2.75) is 6.42 Å². The molecule has 4 nitrogen and oxygen atoms in total. The first-order valence-electron chi connectivity index (χ1n) is 4.63. The van der Waals surface area contributed by atoms with E-state index in [1.54, 1.807) is 0 Å². The number of carbonyl (C=O) groups is 2. The molecule has 0 atom stereocenters. The molecule has 0 radical (unpaired) electrons. The van der Waals surface area contributed by atoms with Crippen molar-refractivity contribution in [3.05, 3.63) is 35.1 Å². The predicted molar refractivity (Wildman–Crippen MR) is 56.9 cm³/mol. The van der Waals surface area contributed by atoms with E-state index in [1.165, 1.54) is 13.2 Å². The van der Waals surface area contributed by atoms with E-state index < -0.39 is 17.8 Å². The van der Waals surface area contributed by atoms with Crippen LogP contribution in [-0.2, 0) is 9.53 Å². The number of carboxylic acids is 1. The van der Waals surface area contributed by atoms with E-state index in [9.17, 15) is 14.0 Å². The average molecular weight is 236 g/mol. The second-order valence-electron chi connectivity index (χ2n) is 3.05. The van der Waals surface area contributed by atoms with Gasteiger partial charge in [-0.15, -0.1) is 0 Å². The minimum absolute atomic E-state index is 0.146. The minimum Gasteiger partial charge on any atom is -0.478 e. The molecule has 0 heterocycles. The Labute approximate surface area is 97.0 Å². The number of carbonyl (C=O) groups excluding carboxylic acids is 1. The zero-order valence-corrected chi connectivity index (χ0v) is 8.99. The lowest BCUT2D eigenvalue weighted by molar-refractivity contribution is -0.139. The molecule has 0 aromatic heterocycles. The summed E-state index contributed by atoms with van der Waals surface area (Å²) in [7, 11) is 1.23. The Hall–Kier alpha value is -2.35. The van der Waals surface area contributed by atoms with Crippen molar-refractivity contribution in [3.8, 4) is 11.8 Å². The summed E-state index contributed by atoms with van der Waals surface area (Å²) in [5.41, 5.74) is -0.0785. The quantitative estimate of drug-likeness (QED) is 0.623. The highest BCUT2D eigenvalue weighted by Crippen LogP contribution is 2.10. The van der Waals surface area contributed by atoms with Gasteiger partial charge in [-0.25, -0.2) is 9.18 Å². The first kappa shape index (κ1) is 12.7. The van der Waals surface area contributed by atoms with Gasteiger partial charge >= 0.3 is 11.9 Å². The summed E-state index contributed by atoms with van der Waals surface area (Å²) in [4.78, 5) is 21.6. The number of halogens is 1. The Bertz CT molecular complexity index is 511. The number of ether oxygens (including phenoxy) is 1. The molecule has 17 heavy (non-hydrogen) atoms. The third-order valence-electron chi connectivity index (χ3n) is 1.90. The van der Waals surface area contributed by atoms with Crippen LogP contribution >= 0.6 is 0 Å². The summed E-state index contributed by atoms with van der Waals surface area (Å²) in [6.45, 7) is 0. The molecule has 0 amide bonds. The molecule has 0 saturated carbocycles. The Morgan fingerprint density at radius 1 is 1.47 bits per heavy atom. The fourth-order valence-corrected chi connectivity index (χ4v) is 1.09. The second-order valence-corrected chi connectivity index (χ2v) is 3.05. The molecule has 1 aromatic carbocycles. The number of aromatic carboxylic acids is 1. The molecular formula is C12H9FO4. The summed E-state index contributed by atoms with van der Waals surface area (Å²) in [6.07, 6.45) is -0.146. The van der Waals surface area contributed by atoms with Gasteiger partial charge in [0.15, 0.2) is 0 Å². The van der Waals surface area contributed by atoms with Crippen molar-refractivity contribution in [1.29, 1.82) is 0 Å². The SMILES string of the molecule is COC(=O)CC#Cc1ccc(F)cc1C(=O)O. The number of benzene rings is 1. The second kappa shape index (κ2) is 5.66. The normalized spacial score (nSPS) is 9.06. The van der Waals surface area contributed by atoms with E-state index in [0.29, 0.717) is 0 Å². The number of esters is 1. The van der Waals surface area contributed by atoms with E-state index in [2.05, 4.69) is 16.6 Å². The van der Waals surface area contributed by atoms with Crippen molar-refractivity contribution in [2.75, 3.05) is 7.11 Å². The van der Waals surface area contributed by atoms with Crippen LogP contribution in [0.1, 0.15) is 22.3 Å². The number of hydrogen-bond acceptors (Lipinski definition) is 3. The van der Waals surface area contributed by atoms with E-state index in [4.69, 9.17) is 5.11 Å². The molecule has 0 saturated heterocycles. The van der Waals surface area contributed by atoms with Gasteiger partial charge < -0.3 is 9.84 Å². The van der Waals surface area contributed by atoms with Crippen LogP contribution in [0, 0.1) is 17.7 Å². The van der Waals surface area contributed by atoms with Crippen LogP contribution in [0.25, 0.3) is 0 Å². The number of rotatable bonds is 2. The van der Waals surface area contributed by atoms with Crippen LogP contribution in [0.15, 0.2) is 18.2 Å². The van der Waals surface area contributed by atoms with Crippen LogP contribution < -0.4 is 0 Å². The van der Waals surface area contributed by atoms with Crippen LogP contribution in [0.4, 0.5) is 4.39 Å². The van der Waals surface area contributed by atoms with Gasteiger partial charge in [-0.05, 0) is 18.2 Å². The maximum absolute atomic E-state index is 12.8. The topological polar surface area (TPSA) is 63.6 Å². The van der Waals surface area contributed by atoms with Crippen LogP contribution in [0.3, 0.4) is 0 Å². The summed E-state index contributed by atoms with van der Waals surface area (Å²) in [5.74, 6) is 2.50. The summed E-state index contributed by atoms with van der Waals surface area (Å²) < 4.78 is 17.2. The Kier molecular flexibility index (Phi) is 4.23. The van der Waals surface area contributed by atoms with Crippen LogP contribution in [0.5, 0.6) is 0 Å². The lowest BCUT2D eigenvalue weighted by Crippen LogP contribution is -2.01. The van der Waals surface area contributed by atoms with Gasteiger partial charge in [-0.1, -0.05) is 11.8 Å². The molecule has 0 bridgehead atoms. The first-order valence-corrected chi connectivity index (χ1v) is 4.63. The minimum atomic E-state index is -1.27. The maximum atomic E-state index is 12.8. The van der Waals surface area contributed by atoms with Crippen molar-refractivity contribution in [2.24, 2.45) is 0 Å². The van der Waals surface area contributed by atoms with Gasteiger partial charge in [0.2, 0.25) is 0 Å². The van der Waals surface area contributed by atoms with Crippen molar-refractivity contribution in [3.63, 3.8) is 0 Å². The molecule has 0 aliphatic carbocycles. The monoisotopic (exact) mass is 236 g/mol. The van der Waals surface area contributed by atoms with Gasteiger partial charge in [0, 0.05) is 5.56 Å². The van der Waals surface area contributed by atoms with E-state index in [0.717, 1.165) is 12.1 Å². The Morgan fingerprint density at radius 3 is 2.76 bits per heavy atom. The molecule has 1 aromatic rings. The number of hydrogen-bond donors (Lipinski definition) is 1. The number of methoxy groups -OCH3 is 1. The highest BCUT2D eigenvalue weighted by molar-refractivity contribution is 5.90. The third kappa shape index (κ3) is 3.61. The van der Waals surface area contributed by atoms with Gasteiger partial charge in [0.05, 0.1) is 12.7 Å². The zero-order valence-electron chi connectivity index (χ0n) is 8.99. The fraction of sp³-hybridized carbons (Fsp3) is 0.167. The summed E-state index contributed by atoms with van der Waals surface area (Å²) in [6, 6.07) is 3.24. The highest BCUT2D eigenvalue weighted by atomic mass is 19.1. The lowest BCUT2D eigenvalue weighted by atomic mass is 10.1. The van der Waals surface area contributed by atoms with E-state index in [-0.39, 0.29) is 17.5 Å². The average Bonchev–Trinajstić information content (AvgIpc) is 2.30. The molecule has 0 aliphatic heterocycles. The molecule has 0 unspecified atom stereocenters. The van der Waals surface area contributed by atoms with E-state index in [1.807, 2.05) is 0 Å². The number of carboxylic acid groups (broad SMARTS) is 1. The fourth-order valence-electron chi connectivity index (χ4n) is 1.09. The summed E-state index contributed by atoms with van der Waals surface area (Å²) >= 11 is 0. The Morgan fingerprint density at radius 2 is 2.18 bits per heavy atom. The predicted octanol–water partition coefficient (Wildman–Crippen LogP) is 1.44. The van der Waals surface area contributed by atoms with Crippen LogP contribution in [-0.4, -0.2) is 24.2 Å². The van der Waals surface area contributed by atoms with Gasteiger partial charge in [-0.3, -0.25) is 4.79 Å². The Balaban J connectivity index is 2.98. The van der Waals surface area contributed by atoms with E-state index >= 15 is 0 Å².